The third kappa shape index (κ3) is 8.46. The monoisotopic (exact) mass is 548 g/mol. The first-order valence-electron chi connectivity index (χ1n) is 9.13. The van der Waals surface area contributed by atoms with Crippen molar-refractivity contribution >= 4 is 40.0 Å². The molecule has 166 valence electrons. The van der Waals surface area contributed by atoms with Crippen LogP contribution in [-0.4, -0.2) is 48.8 Å². The van der Waals surface area contributed by atoms with E-state index in [1.54, 1.807) is 32.4 Å². The van der Waals surface area contributed by atoms with Crippen LogP contribution in [-0.2, 0) is 27.8 Å². The third-order valence-electron chi connectivity index (χ3n) is 4.11. The molecule has 2 rings (SSSR count). The molecule has 0 saturated heterocycles. The second kappa shape index (κ2) is 13.4. The number of nitrogens with zero attached hydrogens (tertiary/aromatic N) is 1. The zero-order valence-corrected chi connectivity index (χ0v) is 20.5. The van der Waals surface area contributed by atoms with Gasteiger partial charge in [0, 0.05) is 33.8 Å². The Balaban J connectivity index is 0.00000450. The number of halogens is 1. The number of sulfonamides is 1. The van der Waals surface area contributed by atoms with Gasteiger partial charge < -0.3 is 20.1 Å². The number of guanidine groups is 1. The summed E-state index contributed by atoms with van der Waals surface area (Å²) in [6.07, 6.45) is 0. The van der Waals surface area contributed by atoms with Crippen molar-refractivity contribution in [2.45, 2.75) is 18.0 Å². The molecule has 0 aliphatic rings. The van der Waals surface area contributed by atoms with E-state index in [0.29, 0.717) is 25.7 Å². The van der Waals surface area contributed by atoms with E-state index in [1.165, 1.54) is 7.11 Å². The minimum atomic E-state index is -3.57. The topological polar surface area (TPSA) is 101 Å². The normalized spacial score (nSPS) is 11.5. The van der Waals surface area contributed by atoms with Gasteiger partial charge in [0.25, 0.3) is 0 Å². The van der Waals surface area contributed by atoms with Gasteiger partial charge in [0.05, 0.1) is 18.6 Å². The highest BCUT2D eigenvalue weighted by Gasteiger charge is 2.13. The number of ether oxygens (including phenoxy) is 2. The maximum Gasteiger partial charge on any atom is 0.240 e. The van der Waals surface area contributed by atoms with Crippen LogP contribution in [0.15, 0.2) is 58.4 Å². The minimum Gasteiger partial charge on any atom is -0.497 e. The standard InChI is InChI=1S/C20H28N4O4S.HI/c1-21-20(22-14-16-7-9-18(28-3)10-8-16)23-15-17-5-4-6-19(13-17)29(25,26)24-11-12-27-2;/h4-10,13,24H,11-12,14-15H2,1-3H3,(H2,21,22,23);1H. The highest BCUT2D eigenvalue weighted by atomic mass is 127. The molecular formula is C20H29IN4O4S. The first-order valence-corrected chi connectivity index (χ1v) is 10.6. The fraction of sp³-hybridized carbons (Fsp3) is 0.350. The quantitative estimate of drug-likeness (QED) is 0.182. The lowest BCUT2D eigenvalue weighted by atomic mass is 10.2. The molecule has 30 heavy (non-hydrogen) atoms. The summed E-state index contributed by atoms with van der Waals surface area (Å²) in [6.45, 7) is 1.57. The van der Waals surface area contributed by atoms with Gasteiger partial charge in [-0.3, -0.25) is 4.99 Å². The molecule has 0 aromatic heterocycles. The van der Waals surface area contributed by atoms with Crippen LogP contribution in [0.2, 0.25) is 0 Å². The Morgan fingerprint density at radius 3 is 2.27 bits per heavy atom. The molecule has 0 atom stereocenters. The number of methoxy groups -OCH3 is 2. The summed E-state index contributed by atoms with van der Waals surface area (Å²) in [5.74, 6) is 1.43. The van der Waals surface area contributed by atoms with Gasteiger partial charge in [-0.15, -0.1) is 24.0 Å². The molecule has 0 radical (unpaired) electrons. The lowest BCUT2D eigenvalue weighted by Crippen LogP contribution is -2.36. The third-order valence-corrected chi connectivity index (χ3v) is 5.57. The summed E-state index contributed by atoms with van der Waals surface area (Å²) in [6, 6.07) is 14.5. The van der Waals surface area contributed by atoms with Crippen molar-refractivity contribution in [2.24, 2.45) is 4.99 Å². The van der Waals surface area contributed by atoms with Gasteiger partial charge in [0.2, 0.25) is 10.0 Å². The van der Waals surface area contributed by atoms with Crippen LogP contribution >= 0.6 is 24.0 Å². The number of hydrogen-bond acceptors (Lipinski definition) is 5. The van der Waals surface area contributed by atoms with Crippen molar-refractivity contribution in [3.05, 3.63) is 59.7 Å². The zero-order valence-electron chi connectivity index (χ0n) is 17.3. The van der Waals surface area contributed by atoms with Crippen molar-refractivity contribution in [1.29, 1.82) is 0 Å². The van der Waals surface area contributed by atoms with Gasteiger partial charge in [-0.05, 0) is 35.4 Å². The Morgan fingerprint density at radius 1 is 1.00 bits per heavy atom. The lowest BCUT2D eigenvalue weighted by Gasteiger charge is -2.13. The van der Waals surface area contributed by atoms with Gasteiger partial charge in [0.1, 0.15) is 5.75 Å². The molecular weight excluding hydrogens is 519 g/mol. The maximum atomic E-state index is 12.3. The molecule has 0 amide bonds. The van der Waals surface area contributed by atoms with Crippen molar-refractivity contribution in [3.8, 4) is 5.75 Å². The van der Waals surface area contributed by atoms with E-state index in [1.807, 2.05) is 30.3 Å². The second-order valence-electron chi connectivity index (χ2n) is 6.17. The molecule has 2 aromatic carbocycles. The zero-order chi connectivity index (χ0) is 21.1. The van der Waals surface area contributed by atoms with Gasteiger partial charge in [-0.25, -0.2) is 13.1 Å². The van der Waals surface area contributed by atoms with Crippen LogP contribution in [0.1, 0.15) is 11.1 Å². The van der Waals surface area contributed by atoms with Gasteiger partial charge in [0.15, 0.2) is 5.96 Å². The second-order valence-corrected chi connectivity index (χ2v) is 7.93. The summed E-state index contributed by atoms with van der Waals surface area (Å²) in [7, 11) is 1.28. The van der Waals surface area contributed by atoms with E-state index < -0.39 is 10.0 Å². The maximum absolute atomic E-state index is 12.3. The Labute approximate surface area is 195 Å². The van der Waals surface area contributed by atoms with E-state index in [9.17, 15) is 8.42 Å². The van der Waals surface area contributed by atoms with Crippen molar-refractivity contribution < 1.29 is 17.9 Å². The van der Waals surface area contributed by atoms with Gasteiger partial charge in [-0.2, -0.15) is 0 Å². The molecule has 0 heterocycles. The van der Waals surface area contributed by atoms with E-state index in [2.05, 4.69) is 20.3 Å². The predicted octanol–water partition coefficient (Wildman–Crippen LogP) is 2.10. The molecule has 0 aliphatic heterocycles. The number of nitrogens with one attached hydrogen (secondary N) is 3. The summed E-state index contributed by atoms with van der Waals surface area (Å²) in [5, 5.41) is 6.41. The van der Waals surface area contributed by atoms with Gasteiger partial charge in [-0.1, -0.05) is 24.3 Å². The summed E-state index contributed by atoms with van der Waals surface area (Å²) in [4.78, 5) is 4.41. The fourth-order valence-electron chi connectivity index (χ4n) is 2.52. The first kappa shape index (κ1) is 26.1. The summed E-state index contributed by atoms with van der Waals surface area (Å²) < 4.78 is 37.2. The van der Waals surface area contributed by atoms with E-state index in [0.717, 1.165) is 16.9 Å². The highest BCUT2D eigenvalue weighted by Crippen LogP contribution is 2.12. The predicted molar refractivity (Wildman–Crippen MR) is 129 cm³/mol. The number of rotatable bonds is 10. The summed E-state index contributed by atoms with van der Waals surface area (Å²) >= 11 is 0. The molecule has 3 N–H and O–H groups in total. The Bertz CT molecular complexity index is 905. The van der Waals surface area contributed by atoms with Crippen LogP contribution in [0.5, 0.6) is 5.75 Å². The number of hydrogen-bond donors (Lipinski definition) is 3. The molecule has 0 bridgehead atoms. The molecule has 0 fully saturated rings. The van der Waals surface area contributed by atoms with E-state index in [4.69, 9.17) is 9.47 Å². The summed E-state index contributed by atoms with van der Waals surface area (Å²) in [5.41, 5.74) is 1.91. The van der Waals surface area contributed by atoms with Crippen molar-refractivity contribution in [2.75, 3.05) is 34.4 Å². The largest absolute Gasteiger partial charge is 0.497 e. The smallest absolute Gasteiger partial charge is 0.240 e. The Morgan fingerprint density at radius 2 is 1.67 bits per heavy atom. The highest BCUT2D eigenvalue weighted by molar-refractivity contribution is 14.0. The van der Waals surface area contributed by atoms with Crippen LogP contribution in [0.3, 0.4) is 0 Å². The van der Waals surface area contributed by atoms with Gasteiger partial charge >= 0.3 is 0 Å². The average molecular weight is 548 g/mol. The molecule has 0 saturated carbocycles. The van der Waals surface area contributed by atoms with E-state index >= 15 is 0 Å². The van der Waals surface area contributed by atoms with E-state index in [-0.39, 0.29) is 35.4 Å². The Hall–Kier alpha value is -1.89. The number of aliphatic imine (C=N–C) groups is 1. The van der Waals surface area contributed by atoms with Crippen LogP contribution < -0.4 is 20.1 Å². The molecule has 2 aromatic rings. The lowest BCUT2D eigenvalue weighted by molar-refractivity contribution is 0.204. The van der Waals surface area contributed by atoms with Crippen LogP contribution in [0, 0.1) is 0 Å². The Kier molecular flexibility index (Phi) is 11.7. The first-order chi connectivity index (χ1) is 14.0. The van der Waals surface area contributed by atoms with Crippen molar-refractivity contribution in [3.63, 3.8) is 0 Å². The molecule has 0 unspecified atom stereocenters. The molecule has 10 heteroatoms. The molecule has 0 aliphatic carbocycles. The van der Waals surface area contributed by atoms with Crippen LogP contribution in [0.4, 0.5) is 0 Å². The molecule has 8 nitrogen and oxygen atoms in total. The SMILES string of the molecule is CN=C(NCc1ccc(OC)cc1)NCc1cccc(S(=O)(=O)NCCOC)c1.I. The molecule has 0 spiro atoms. The van der Waals surface area contributed by atoms with Crippen LogP contribution in [0.25, 0.3) is 0 Å². The van der Waals surface area contributed by atoms with Crippen molar-refractivity contribution in [1.82, 2.24) is 15.4 Å². The number of benzene rings is 2. The average Bonchev–Trinajstić information content (AvgIpc) is 2.74. The fourth-order valence-corrected chi connectivity index (χ4v) is 3.60. The minimum absolute atomic E-state index is 0.